The summed E-state index contributed by atoms with van der Waals surface area (Å²) in [6, 6.07) is 3.33. The molecule has 1 radical (unpaired) electrons. The van der Waals surface area contributed by atoms with Crippen molar-refractivity contribution in [1.29, 1.82) is 0 Å². The maximum atomic E-state index is 11.9. The van der Waals surface area contributed by atoms with Crippen molar-refractivity contribution in [3.8, 4) is 11.5 Å². The third-order valence-electron chi connectivity index (χ3n) is 3.27. The Morgan fingerprint density at radius 1 is 1.48 bits per heavy atom. The molecule has 1 aromatic carbocycles. The molecule has 1 aromatic heterocycles. The van der Waals surface area contributed by atoms with Crippen LogP contribution in [0.15, 0.2) is 12.1 Å². The highest BCUT2D eigenvalue weighted by Crippen LogP contribution is 2.37. The van der Waals surface area contributed by atoms with E-state index >= 15 is 0 Å². The minimum absolute atomic E-state index is 0.0572. The van der Waals surface area contributed by atoms with Crippen molar-refractivity contribution in [1.82, 2.24) is 9.55 Å². The number of halogens is 1. The van der Waals surface area contributed by atoms with E-state index < -0.39 is 5.97 Å². The molecule has 0 aliphatic carbocycles. The van der Waals surface area contributed by atoms with Crippen LogP contribution in [0.4, 0.5) is 0 Å². The van der Waals surface area contributed by atoms with E-state index in [9.17, 15) is 9.59 Å². The molecule has 0 fully saturated rings. The second-order valence-corrected chi connectivity index (χ2v) is 5.06. The SMILES string of the molecule is CCOC(=O)c1[c]nc(C=O)n1Cc1cc2c(cc1Cl)OCO2. The normalized spacial score (nSPS) is 12.3. The fourth-order valence-electron chi connectivity index (χ4n) is 2.20. The molecular weight excluding hydrogens is 324 g/mol. The van der Waals surface area contributed by atoms with Crippen LogP contribution in [-0.4, -0.2) is 35.2 Å². The van der Waals surface area contributed by atoms with Gasteiger partial charge in [0.25, 0.3) is 0 Å². The fourth-order valence-corrected chi connectivity index (χ4v) is 2.41. The Morgan fingerprint density at radius 2 is 2.22 bits per heavy atom. The zero-order valence-corrected chi connectivity index (χ0v) is 12.9. The molecule has 119 valence electrons. The van der Waals surface area contributed by atoms with Crippen LogP contribution in [0.1, 0.15) is 33.6 Å². The van der Waals surface area contributed by atoms with Gasteiger partial charge in [0.15, 0.2) is 29.3 Å². The molecular formula is C15H12ClN2O5. The Morgan fingerprint density at radius 3 is 2.91 bits per heavy atom. The van der Waals surface area contributed by atoms with Gasteiger partial charge < -0.3 is 18.8 Å². The molecule has 2 heterocycles. The van der Waals surface area contributed by atoms with Crippen molar-refractivity contribution in [3.05, 3.63) is 40.4 Å². The second-order valence-electron chi connectivity index (χ2n) is 4.65. The number of esters is 1. The van der Waals surface area contributed by atoms with E-state index in [1.54, 1.807) is 19.1 Å². The topological polar surface area (TPSA) is 79.7 Å². The van der Waals surface area contributed by atoms with Gasteiger partial charge in [-0.2, -0.15) is 0 Å². The van der Waals surface area contributed by atoms with Crippen molar-refractivity contribution in [2.75, 3.05) is 13.4 Å². The molecule has 3 rings (SSSR count). The Bertz CT molecular complexity index is 771. The third-order valence-corrected chi connectivity index (χ3v) is 3.62. The first kappa shape index (κ1) is 15.4. The molecule has 23 heavy (non-hydrogen) atoms. The first-order chi connectivity index (χ1) is 11.1. The zero-order chi connectivity index (χ0) is 16.4. The fraction of sp³-hybridized carbons (Fsp3) is 0.267. The minimum atomic E-state index is -0.607. The summed E-state index contributed by atoms with van der Waals surface area (Å²) in [6.07, 6.45) is 3.05. The molecule has 0 bridgehead atoms. The summed E-state index contributed by atoms with van der Waals surface area (Å²) >= 11 is 6.23. The average molecular weight is 336 g/mol. The van der Waals surface area contributed by atoms with Crippen LogP contribution in [0.3, 0.4) is 0 Å². The molecule has 0 atom stereocenters. The molecule has 0 amide bonds. The highest BCUT2D eigenvalue weighted by Gasteiger charge is 2.21. The highest BCUT2D eigenvalue weighted by molar-refractivity contribution is 6.31. The number of hydrogen-bond acceptors (Lipinski definition) is 6. The van der Waals surface area contributed by atoms with Crippen molar-refractivity contribution >= 4 is 23.9 Å². The van der Waals surface area contributed by atoms with E-state index in [1.807, 2.05) is 0 Å². The van der Waals surface area contributed by atoms with E-state index in [1.165, 1.54) is 4.57 Å². The van der Waals surface area contributed by atoms with Crippen LogP contribution < -0.4 is 9.47 Å². The summed E-state index contributed by atoms with van der Waals surface area (Å²) in [6.45, 7) is 2.17. The summed E-state index contributed by atoms with van der Waals surface area (Å²) in [4.78, 5) is 26.9. The number of carbonyl (C=O) groups excluding carboxylic acids is 2. The van der Waals surface area contributed by atoms with Crippen LogP contribution in [0.2, 0.25) is 5.02 Å². The number of aldehydes is 1. The second kappa shape index (κ2) is 6.29. The van der Waals surface area contributed by atoms with Gasteiger partial charge in [0, 0.05) is 11.1 Å². The minimum Gasteiger partial charge on any atom is -0.461 e. The first-order valence-electron chi connectivity index (χ1n) is 6.82. The third kappa shape index (κ3) is 2.87. The van der Waals surface area contributed by atoms with Gasteiger partial charge in [-0.05, 0) is 18.6 Å². The van der Waals surface area contributed by atoms with E-state index in [0.717, 1.165) is 0 Å². The van der Waals surface area contributed by atoms with E-state index in [2.05, 4.69) is 11.2 Å². The molecule has 0 saturated carbocycles. The number of carbonyl (C=O) groups is 2. The highest BCUT2D eigenvalue weighted by atomic mass is 35.5. The zero-order valence-electron chi connectivity index (χ0n) is 12.2. The van der Waals surface area contributed by atoms with Crippen molar-refractivity contribution < 1.29 is 23.8 Å². The summed E-state index contributed by atoms with van der Waals surface area (Å²) in [5.41, 5.74) is 0.707. The summed E-state index contributed by atoms with van der Waals surface area (Å²) < 4.78 is 16.9. The molecule has 0 N–H and O–H groups in total. The smallest absolute Gasteiger partial charge is 0.357 e. The van der Waals surface area contributed by atoms with Gasteiger partial charge in [0.05, 0.1) is 13.2 Å². The molecule has 8 heteroatoms. The molecule has 1 aliphatic heterocycles. The quantitative estimate of drug-likeness (QED) is 0.615. The van der Waals surface area contributed by atoms with Crippen molar-refractivity contribution in [2.45, 2.75) is 13.5 Å². The monoisotopic (exact) mass is 335 g/mol. The number of aromatic nitrogens is 2. The maximum absolute atomic E-state index is 11.9. The van der Waals surface area contributed by atoms with E-state index in [0.29, 0.717) is 28.4 Å². The predicted molar refractivity (Wildman–Crippen MR) is 79.1 cm³/mol. The Labute approximate surface area is 136 Å². The molecule has 0 saturated heterocycles. The van der Waals surface area contributed by atoms with Gasteiger partial charge in [-0.3, -0.25) is 4.79 Å². The molecule has 1 aliphatic rings. The van der Waals surface area contributed by atoms with E-state index in [4.69, 9.17) is 25.8 Å². The summed E-state index contributed by atoms with van der Waals surface area (Å²) in [5.74, 6) is 0.558. The van der Waals surface area contributed by atoms with Crippen LogP contribution in [-0.2, 0) is 11.3 Å². The summed E-state index contributed by atoms with van der Waals surface area (Å²) in [7, 11) is 0. The van der Waals surface area contributed by atoms with Crippen LogP contribution >= 0.6 is 11.6 Å². The van der Waals surface area contributed by atoms with Gasteiger partial charge in [0.2, 0.25) is 6.79 Å². The number of benzene rings is 1. The van der Waals surface area contributed by atoms with Crippen molar-refractivity contribution in [2.24, 2.45) is 0 Å². The maximum Gasteiger partial charge on any atom is 0.357 e. The van der Waals surface area contributed by atoms with Gasteiger partial charge in [-0.25, -0.2) is 9.78 Å². The molecule has 7 nitrogen and oxygen atoms in total. The number of nitrogens with zero attached hydrogens (tertiary/aromatic N) is 2. The van der Waals surface area contributed by atoms with Crippen LogP contribution in [0.25, 0.3) is 0 Å². The Balaban J connectivity index is 1.98. The summed E-state index contributed by atoms with van der Waals surface area (Å²) in [5, 5.41) is 0.426. The molecule has 2 aromatic rings. The average Bonchev–Trinajstić information content (AvgIpc) is 3.14. The number of fused-ring (bicyclic) bond motifs is 1. The number of hydrogen-bond donors (Lipinski definition) is 0. The van der Waals surface area contributed by atoms with Crippen LogP contribution in [0.5, 0.6) is 11.5 Å². The van der Waals surface area contributed by atoms with Gasteiger partial charge in [-0.15, -0.1) is 0 Å². The standard InChI is InChI=1S/C15H12ClN2O5/c1-2-21-15(20)11-5-17-14(7-19)18(11)6-9-3-12-13(4-10(9)16)23-8-22-12/h3-4,7H,2,6,8H2,1H3. The first-order valence-corrected chi connectivity index (χ1v) is 7.20. The number of imidazole rings is 1. The largest absolute Gasteiger partial charge is 0.461 e. The predicted octanol–water partition coefficient (Wildman–Crippen LogP) is 2.10. The number of rotatable bonds is 5. The van der Waals surface area contributed by atoms with Gasteiger partial charge >= 0.3 is 5.97 Å². The van der Waals surface area contributed by atoms with Crippen LogP contribution in [0, 0.1) is 6.20 Å². The lowest BCUT2D eigenvalue weighted by Gasteiger charge is -2.11. The lowest BCUT2D eigenvalue weighted by molar-refractivity contribution is 0.0514. The lowest BCUT2D eigenvalue weighted by atomic mass is 10.2. The van der Waals surface area contributed by atoms with Gasteiger partial charge in [-0.1, -0.05) is 11.6 Å². The Kier molecular flexibility index (Phi) is 4.20. The molecule has 0 unspecified atom stereocenters. The Hall–Kier alpha value is -2.54. The lowest BCUT2D eigenvalue weighted by Crippen LogP contribution is -2.15. The number of ether oxygens (including phenoxy) is 3. The van der Waals surface area contributed by atoms with Crippen molar-refractivity contribution in [3.63, 3.8) is 0 Å². The molecule has 0 spiro atoms. The van der Waals surface area contributed by atoms with E-state index in [-0.39, 0.29) is 31.5 Å². The van der Waals surface area contributed by atoms with Gasteiger partial charge in [0.1, 0.15) is 6.20 Å².